The molecule has 52 heavy (non-hydrogen) atoms. The lowest BCUT2D eigenvalue weighted by Crippen LogP contribution is -2.47. The number of pyridine rings is 1. The fourth-order valence-electron chi connectivity index (χ4n) is 4.88. The van der Waals surface area contributed by atoms with Crippen LogP contribution < -0.4 is 21.5 Å². The molecule has 0 fully saturated rings. The molecule has 4 amide bonds. The maximum atomic E-state index is 13.4. The van der Waals surface area contributed by atoms with Crippen LogP contribution in [0.25, 0.3) is 0 Å². The first-order valence-electron chi connectivity index (χ1n) is 16.1. The highest BCUT2D eigenvalue weighted by Gasteiger charge is 2.25. The molecule has 0 radical (unpaired) electrons. The average Bonchev–Trinajstić information content (AvgIpc) is 3.16. The number of aromatic hydroxyl groups is 2. The number of phenols is 2. The summed E-state index contributed by atoms with van der Waals surface area (Å²) in [6.07, 6.45) is 3.04. The minimum absolute atomic E-state index is 0.0447. The molecular weight excluding hydrogens is 662 g/mol. The molecule has 6 N–H and O–H groups in total. The molecule has 2 atom stereocenters. The van der Waals surface area contributed by atoms with E-state index in [1.54, 1.807) is 24.3 Å². The van der Waals surface area contributed by atoms with Crippen molar-refractivity contribution >= 4 is 36.1 Å². The third-order valence-electron chi connectivity index (χ3n) is 7.59. The Kier molecular flexibility index (Phi) is 12.5. The highest BCUT2D eigenvalue weighted by atomic mass is 16.3. The van der Waals surface area contributed by atoms with Gasteiger partial charge < -0.3 is 20.8 Å². The van der Waals surface area contributed by atoms with Crippen LogP contribution in [0.3, 0.4) is 0 Å². The highest BCUT2D eigenvalue weighted by molar-refractivity contribution is 5.99. The Labute approximate surface area is 299 Å². The first-order chi connectivity index (χ1) is 25.2. The molecule has 0 bridgehead atoms. The second-order valence-corrected chi connectivity index (χ2v) is 11.5. The van der Waals surface area contributed by atoms with Crippen molar-refractivity contribution in [3.63, 3.8) is 0 Å². The summed E-state index contributed by atoms with van der Waals surface area (Å²) >= 11 is 0. The number of rotatable bonds is 14. The second kappa shape index (κ2) is 18.0. The van der Waals surface area contributed by atoms with Crippen molar-refractivity contribution in [1.29, 1.82) is 0 Å². The zero-order valence-electron chi connectivity index (χ0n) is 27.7. The van der Waals surface area contributed by atoms with Gasteiger partial charge in [0.05, 0.1) is 12.4 Å². The van der Waals surface area contributed by atoms with Crippen LogP contribution in [0.2, 0.25) is 0 Å². The van der Waals surface area contributed by atoms with E-state index in [2.05, 4.69) is 36.7 Å². The SMILES string of the molecule is O=C(N[C@@H](Cc1ccc(O)cc1)C(=O)N/N=C/c1ccccc1)c1cccc(C(=O)N[C@@H](Cc2ccc(O)cc2)C(=O)N/N=C/c2ccccc2)n1. The molecule has 5 rings (SSSR count). The van der Waals surface area contributed by atoms with Crippen LogP contribution >= 0.6 is 0 Å². The van der Waals surface area contributed by atoms with Crippen LogP contribution in [0, 0.1) is 0 Å². The molecule has 0 unspecified atom stereocenters. The van der Waals surface area contributed by atoms with Crippen molar-refractivity contribution in [2.75, 3.05) is 0 Å². The molecule has 1 aromatic heterocycles. The third-order valence-corrected chi connectivity index (χ3v) is 7.59. The standard InChI is InChI=1S/C39H35N7O6/c47-30-18-14-26(15-19-30)22-34(38(51)45-40-24-28-8-3-1-4-9-28)43-36(49)32-12-7-13-33(42-32)37(50)44-35(23-27-16-20-31(48)21-17-27)39(52)46-41-25-29-10-5-2-6-11-29/h1-21,24-25,34-35,47-48H,22-23H2,(H,43,49)(H,44,50)(H,45,51)(H,46,52)/b40-24+,41-25+/t34-,35-/m0/s1. The van der Waals surface area contributed by atoms with Crippen LogP contribution in [0.5, 0.6) is 11.5 Å². The lowest BCUT2D eigenvalue weighted by Gasteiger charge is -2.18. The van der Waals surface area contributed by atoms with Crippen LogP contribution in [0.1, 0.15) is 43.2 Å². The molecule has 0 aliphatic carbocycles. The maximum Gasteiger partial charge on any atom is 0.270 e. The number of carbonyl (C=O) groups is 4. The van der Waals surface area contributed by atoms with Gasteiger partial charge in [0.2, 0.25) is 0 Å². The molecule has 1 heterocycles. The van der Waals surface area contributed by atoms with Gasteiger partial charge >= 0.3 is 0 Å². The van der Waals surface area contributed by atoms with Crippen LogP contribution in [0.15, 0.2) is 138 Å². The van der Waals surface area contributed by atoms with E-state index < -0.39 is 35.7 Å². The Morgan fingerprint density at radius 1 is 0.538 bits per heavy atom. The van der Waals surface area contributed by atoms with E-state index in [9.17, 15) is 29.4 Å². The number of benzene rings is 4. The van der Waals surface area contributed by atoms with Gasteiger partial charge in [-0.1, -0.05) is 91.0 Å². The van der Waals surface area contributed by atoms with E-state index in [-0.39, 0.29) is 35.7 Å². The molecule has 5 aromatic rings. The minimum Gasteiger partial charge on any atom is -0.508 e. The third kappa shape index (κ3) is 10.9. The van der Waals surface area contributed by atoms with Gasteiger partial charge in [0.15, 0.2) is 0 Å². The number of nitrogens with one attached hydrogen (secondary N) is 4. The maximum absolute atomic E-state index is 13.4. The topological polar surface area (TPSA) is 194 Å². The van der Waals surface area contributed by atoms with Gasteiger partial charge in [-0.2, -0.15) is 10.2 Å². The van der Waals surface area contributed by atoms with E-state index in [1.165, 1.54) is 54.9 Å². The lowest BCUT2D eigenvalue weighted by atomic mass is 10.0. The number of hydrogen-bond donors (Lipinski definition) is 6. The summed E-state index contributed by atoms with van der Waals surface area (Å²) in [6, 6.07) is 32.6. The fourth-order valence-corrected chi connectivity index (χ4v) is 4.88. The molecule has 0 saturated carbocycles. The van der Waals surface area contributed by atoms with E-state index in [0.717, 1.165) is 11.1 Å². The molecule has 262 valence electrons. The number of hydrazone groups is 2. The second-order valence-electron chi connectivity index (χ2n) is 11.5. The minimum atomic E-state index is -1.11. The summed E-state index contributed by atoms with van der Waals surface area (Å²) in [6.45, 7) is 0. The summed E-state index contributed by atoms with van der Waals surface area (Å²) in [7, 11) is 0. The number of nitrogens with zero attached hydrogens (tertiary/aromatic N) is 3. The Morgan fingerprint density at radius 3 is 1.31 bits per heavy atom. The molecule has 13 nitrogen and oxygen atoms in total. The van der Waals surface area contributed by atoms with Gasteiger partial charge in [-0.15, -0.1) is 0 Å². The lowest BCUT2D eigenvalue weighted by molar-refractivity contribution is -0.123. The number of phenolic OH excluding ortho intramolecular Hbond substituents is 2. The molecule has 0 aliphatic heterocycles. The van der Waals surface area contributed by atoms with Crippen molar-refractivity contribution in [2.24, 2.45) is 10.2 Å². The van der Waals surface area contributed by atoms with Gasteiger partial charge in [0.25, 0.3) is 23.6 Å². The molecule has 4 aromatic carbocycles. The Bertz CT molecular complexity index is 1890. The van der Waals surface area contributed by atoms with E-state index in [0.29, 0.717) is 11.1 Å². The zero-order valence-corrected chi connectivity index (χ0v) is 27.7. The Hall–Kier alpha value is -7.15. The Morgan fingerprint density at radius 2 is 0.923 bits per heavy atom. The predicted octanol–water partition coefficient (Wildman–Crippen LogP) is 3.48. The van der Waals surface area contributed by atoms with Crippen molar-refractivity contribution in [1.82, 2.24) is 26.5 Å². The monoisotopic (exact) mass is 697 g/mol. The van der Waals surface area contributed by atoms with Crippen molar-refractivity contribution in [3.05, 3.63) is 161 Å². The quantitative estimate of drug-likeness (QED) is 0.0755. The van der Waals surface area contributed by atoms with Gasteiger partial charge in [-0.25, -0.2) is 15.8 Å². The summed E-state index contributed by atoms with van der Waals surface area (Å²) in [5.41, 5.74) is 7.39. The number of carbonyl (C=O) groups excluding carboxylic acids is 4. The smallest absolute Gasteiger partial charge is 0.270 e. The van der Waals surface area contributed by atoms with Gasteiger partial charge in [-0.05, 0) is 58.7 Å². The Balaban J connectivity index is 1.30. The molecule has 0 saturated heterocycles. The first kappa shape index (κ1) is 36.1. The van der Waals surface area contributed by atoms with Crippen LogP contribution in [-0.2, 0) is 22.4 Å². The van der Waals surface area contributed by atoms with Crippen molar-refractivity contribution < 1.29 is 29.4 Å². The molecule has 0 aliphatic rings. The van der Waals surface area contributed by atoms with Crippen molar-refractivity contribution in [3.8, 4) is 11.5 Å². The molecule has 0 spiro atoms. The number of amides is 4. The van der Waals surface area contributed by atoms with Crippen LogP contribution in [-0.4, -0.2) is 63.3 Å². The van der Waals surface area contributed by atoms with E-state index in [1.807, 2.05) is 60.7 Å². The largest absolute Gasteiger partial charge is 0.508 e. The summed E-state index contributed by atoms with van der Waals surface area (Å²) in [5, 5.41) is 32.7. The van der Waals surface area contributed by atoms with Crippen molar-refractivity contribution in [2.45, 2.75) is 24.9 Å². The first-order valence-corrected chi connectivity index (χ1v) is 16.1. The predicted molar refractivity (Wildman–Crippen MR) is 195 cm³/mol. The average molecular weight is 698 g/mol. The zero-order chi connectivity index (χ0) is 36.7. The van der Waals surface area contributed by atoms with Gasteiger partial charge in [-0.3, -0.25) is 19.2 Å². The summed E-state index contributed by atoms with van der Waals surface area (Å²) in [4.78, 5) is 57.6. The van der Waals surface area contributed by atoms with E-state index in [4.69, 9.17) is 0 Å². The highest BCUT2D eigenvalue weighted by Crippen LogP contribution is 2.14. The normalized spacial score (nSPS) is 12.2. The molecule has 13 heteroatoms. The van der Waals surface area contributed by atoms with Crippen LogP contribution in [0.4, 0.5) is 0 Å². The summed E-state index contributed by atoms with van der Waals surface area (Å²) in [5.74, 6) is -2.61. The summed E-state index contributed by atoms with van der Waals surface area (Å²) < 4.78 is 0. The van der Waals surface area contributed by atoms with Gasteiger partial charge in [0, 0.05) is 12.8 Å². The molecular formula is C39H35N7O6. The van der Waals surface area contributed by atoms with E-state index >= 15 is 0 Å². The fraction of sp³-hybridized carbons (Fsp3) is 0.103. The van der Waals surface area contributed by atoms with Gasteiger partial charge in [0.1, 0.15) is 35.0 Å². The number of hydrogen-bond acceptors (Lipinski definition) is 9. The number of aromatic nitrogens is 1.